The van der Waals surface area contributed by atoms with Crippen LogP contribution in [0.5, 0.6) is 0 Å². The van der Waals surface area contributed by atoms with Crippen LogP contribution in [0.25, 0.3) is 0 Å². The van der Waals surface area contributed by atoms with E-state index < -0.39 is 0 Å². The molecule has 20 heavy (non-hydrogen) atoms. The van der Waals surface area contributed by atoms with Crippen molar-refractivity contribution in [2.24, 2.45) is 0 Å². The standard InChI is InChI=1S/C15H14N4O/c16-8-7-11-1-4-13(5-2-11)19-15(20)9-14-6-3-12(17)10-18-14/h1-6,10H,7,9,17H2,(H,19,20). The van der Waals surface area contributed by atoms with E-state index in [1.165, 1.54) is 6.20 Å². The number of pyridine rings is 1. The van der Waals surface area contributed by atoms with E-state index in [0.29, 0.717) is 23.5 Å². The second-order valence-corrected chi connectivity index (χ2v) is 4.34. The molecule has 2 rings (SSSR count). The number of carbonyl (C=O) groups excluding carboxylic acids is 1. The van der Waals surface area contributed by atoms with E-state index in [-0.39, 0.29) is 12.3 Å². The largest absolute Gasteiger partial charge is 0.397 e. The van der Waals surface area contributed by atoms with Gasteiger partial charge in [0.25, 0.3) is 0 Å². The summed E-state index contributed by atoms with van der Waals surface area (Å²) in [5.74, 6) is -0.143. The predicted molar refractivity (Wildman–Crippen MR) is 76.7 cm³/mol. The molecule has 0 saturated carbocycles. The number of nitrogens with two attached hydrogens (primary N) is 1. The molecule has 5 heteroatoms. The fourth-order valence-corrected chi connectivity index (χ4v) is 1.71. The zero-order valence-electron chi connectivity index (χ0n) is 10.8. The van der Waals surface area contributed by atoms with Crippen molar-refractivity contribution < 1.29 is 4.79 Å². The highest BCUT2D eigenvalue weighted by Crippen LogP contribution is 2.10. The van der Waals surface area contributed by atoms with Gasteiger partial charge in [0.15, 0.2) is 0 Å². The van der Waals surface area contributed by atoms with Crippen molar-refractivity contribution in [1.29, 1.82) is 5.26 Å². The normalized spacial score (nSPS) is 9.75. The lowest BCUT2D eigenvalue weighted by molar-refractivity contribution is -0.115. The van der Waals surface area contributed by atoms with Gasteiger partial charge in [0.2, 0.25) is 5.91 Å². The van der Waals surface area contributed by atoms with Gasteiger partial charge in [-0.2, -0.15) is 5.26 Å². The van der Waals surface area contributed by atoms with Crippen molar-refractivity contribution in [3.8, 4) is 6.07 Å². The third-order valence-corrected chi connectivity index (χ3v) is 2.71. The van der Waals surface area contributed by atoms with Crippen molar-refractivity contribution >= 4 is 17.3 Å². The Hall–Kier alpha value is -2.87. The van der Waals surface area contributed by atoms with Gasteiger partial charge in [0, 0.05) is 11.4 Å². The Morgan fingerprint density at radius 2 is 2.00 bits per heavy atom. The molecule has 0 saturated heterocycles. The number of nitriles is 1. The zero-order chi connectivity index (χ0) is 14.4. The minimum atomic E-state index is -0.143. The highest BCUT2D eigenvalue weighted by atomic mass is 16.1. The quantitative estimate of drug-likeness (QED) is 0.884. The summed E-state index contributed by atoms with van der Waals surface area (Å²) in [6.07, 6.45) is 2.09. The van der Waals surface area contributed by atoms with Gasteiger partial charge in [0.05, 0.1) is 30.8 Å². The maximum atomic E-state index is 11.8. The lowest BCUT2D eigenvalue weighted by Gasteiger charge is -2.05. The maximum absolute atomic E-state index is 11.8. The first-order valence-electron chi connectivity index (χ1n) is 6.13. The average Bonchev–Trinajstić information content (AvgIpc) is 2.44. The smallest absolute Gasteiger partial charge is 0.230 e. The number of aromatic nitrogens is 1. The molecule has 0 radical (unpaired) electrons. The van der Waals surface area contributed by atoms with Gasteiger partial charge in [-0.1, -0.05) is 12.1 Å². The lowest BCUT2D eigenvalue weighted by atomic mass is 10.1. The Balaban J connectivity index is 1.94. The van der Waals surface area contributed by atoms with E-state index in [1.54, 1.807) is 24.3 Å². The van der Waals surface area contributed by atoms with Crippen LogP contribution in [0.1, 0.15) is 11.3 Å². The summed E-state index contributed by atoms with van der Waals surface area (Å²) in [5, 5.41) is 11.4. The fraction of sp³-hybridized carbons (Fsp3) is 0.133. The van der Waals surface area contributed by atoms with Crippen LogP contribution in [0.4, 0.5) is 11.4 Å². The van der Waals surface area contributed by atoms with Crippen LogP contribution in [0, 0.1) is 11.3 Å². The van der Waals surface area contributed by atoms with Crippen molar-refractivity contribution in [3.05, 3.63) is 53.9 Å². The Morgan fingerprint density at radius 3 is 2.60 bits per heavy atom. The van der Waals surface area contributed by atoms with Crippen molar-refractivity contribution in [2.75, 3.05) is 11.1 Å². The monoisotopic (exact) mass is 266 g/mol. The number of rotatable bonds is 4. The van der Waals surface area contributed by atoms with Crippen molar-refractivity contribution in [3.63, 3.8) is 0 Å². The molecule has 5 nitrogen and oxygen atoms in total. The first-order chi connectivity index (χ1) is 9.67. The molecule has 2 aromatic rings. The van der Waals surface area contributed by atoms with E-state index in [2.05, 4.69) is 16.4 Å². The van der Waals surface area contributed by atoms with Crippen molar-refractivity contribution in [1.82, 2.24) is 4.98 Å². The van der Waals surface area contributed by atoms with Crippen LogP contribution in [0.2, 0.25) is 0 Å². The van der Waals surface area contributed by atoms with Crippen LogP contribution < -0.4 is 11.1 Å². The molecule has 0 spiro atoms. The van der Waals surface area contributed by atoms with E-state index in [4.69, 9.17) is 11.0 Å². The molecule has 0 fully saturated rings. The maximum Gasteiger partial charge on any atom is 0.230 e. The topological polar surface area (TPSA) is 91.8 Å². The van der Waals surface area contributed by atoms with Gasteiger partial charge in [-0.15, -0.1) is 0 Å². The molecule has 0 unspecified atom stereocenters. The Kier molecular flexibility index (Phi) is 4.30. The number of nitrogens with one attached hydrogen (secondary N) is 1. The summed E-state index contributed by atoms with van der Waals surface area (Å²) < 4.78 is 0. The molecular weight excluding hydrogens is 252 g/mol. The molecule has 1 aromatic heterocycles. The second kappa shape index (κ2) is 6.34. The van der Waals surface area contributed by atoms with Gasteiger partial charge in [-0.05, 0) is 29.8 Å². The van der Waals surface area contributed by atoms with Gasteiger partial charge in [0.1, 0.15) is 0 Å². The minimum Gasteiger partial charge on any atom is -0.397 e. The molecule has 3 N–H and O–H groups in total. The molecular formula is C15H14N4O. The molecule has 1 amide bonds. The van der Waals surface area contributed by atoms with Crippen LogP contribution in [0.15, 0.2) is 42.6 Å². The van der Waals surface area contributed by atoms with E-state index in [0.717, 1.165) is 5.56 Å². The number of nitrogen functional groups attached to an aromatic ring is 1. The van der Waals surface area contributed by atoms with Crippen LogP contribution in [0.3, 0.4) is 0 Å². The van der Waals surface area contributed by atoms with E-state index in [1.807, 2.05) is 12.1 Å². The summed E-state index contributed by atoms with van der Waals surface area (Å²) in [5.41, 5.74) is 8.39. The highest BCUT2D eigenvalue weighted by Gasteiger charge is 2.05. The zero-order valence-corrected chi connectivity index (χ0v) is 10.8. The first-order valence-corrected chi connectivity index (χ1v) is 6.13. The summed E-state index contributed by atoms with van der Waals surface area (Å²) in [6.45, 7) is 0. The molecule has 0 aliphatic heterocycles. The summed E-state index contributed by atoms with van der Waals surface area (Å²) >= 11 is 0. The molecule has 1 heterocycles. The first kappa shape index (κ1) is 13.6. The number of benzene rings is 1. The van der Waals surface area contributed by atoms with Gasteiger partial charge < -0.3 is 11.1 Å². The summed E-state index contributed by atoms with van der Waals surface area (Å²) in [6, 6.07) is 12.7. The third-order valence-electron chi connectivity index (χ3n) is 2.71. The van der Waals surface area contributed by atoms with Crippen LogP contribution >= 0.6 is 0 Å². The van der Waals surface area contributed by atoms with E-state index in [9.17, 15) is 4.79 Å². The average molecular weight is 266 g/mol. The molecule has 0 atom stereocenters. The molecule has 100 valence electrons. The predicted octanol–water partition coefficient (Wildman–Crippen LogP) is 1.91. The van der Waals surface area contributed by atoms with Gasteiger partial charge >= 0.3 is 0 Å². The molecule has 0 aliphatic rings. The lowest BCUT2D eigenvalue weighted by Crippen LogP contribution is -2.15. The van der Waals surface area contributed by atoms with Gasteiger partial charge in [-0.25, -0.2) is 0 Å². The van der Waals surface area contributed by atoms with E-state index >= 15 is 0 Å². The number of anilines is 2. The molecule has 0 aliphatic carbocycles. The highest BCUT2D eigenvalue weighted by molar-refractivity contribution is 5.92. The Morgan fingerprint density at radius 1 is 1.25 bits per heavy atom. The molecule has 0 bridgehead atoms. The van der Waals surface area contributed by atoms with Crippen LogP contribution in [-0.4, -0.2) is 10.9 Å². The second-order valence-electron chi connectivity index (χ2n) is 4.34. The minimum absolute atomic E-state index is 0.143. The molecule has 1 aromatic carbocycles. The van der Waals surface area contributed by atoms with Crippen molar-refractivity contribution in [2.45, 2.75) is 12.8 Å². The Labute approximate surface area is 117 Å². The Bertz CT molecular complexity index is 626. The number of amides is 1. The summed E-state index contributed by atoms with van der Waals surface area (Å²) in [4.78, 5) is 15.9. The van der Waals surface area contributed by atoms with Crippen LogP contribution in [-0.2, 0) is 17.6 Å². The summed E-state index contributed by atoms with van der Waals surface area (Å²) in [7, 11) is 0. The SMILES string of the molecule is N#CCc1ccc(NC(=O)Cc2ccc(N)cn2)cc1. The number of hydrogen-bond acceptors (Lipinski definition) is 4. The number of nitrogens with zero attached hydrogens (tertiary/aromatic N) is 2. The fourth-order valence-electron chi connectivity index (χ4n) is 1.71. The number of carbonyl (C=O) groups is 1. The van der Waals surface area contributed by atoms with Gasteiger partial charge in [-0.3, -0.25) is 9.78 Å². The third kappa shape index (κ3) is 3.82. The number of hydrogen-bond donors (Lipinski definition) is 2.